The Balaban J connectivity index is 1.54. The Bertz CT molecular complexity index is 1100. The number of esters is 1. The van der Waals surface area contributed by atoms with E-state index in [1.807, 2.05) is 91.0 Å². The predicted octanol–water partition coefficient (Wildman–Crippen LogP) is 4.46. The molecule has 0 aliphatic rings. The molecule has 3 aromatic rings. The Morgan fingerprint density at radius 1 is 0.722 bits per heavy atom. The summed E-state index contributed by atoms with van der Waals surface area (Å²) in [6.07, 6.45) is -0.710. The van der Waals surface area contributed by atoms with Crippen LogP contribution < -0.4 is 10.6 Å². The standard InChI is InChI=1S/C28H30N2O5S/c1-21(27(32)34-17-22-11-5-2-6-12-22)29-26(31)25(20-36-19-24-15-9-4-10-16-24)30-28(33)35-18-23-13-7-3-8-14-23/h2-16,21,25H,17-20H2,1H3,(H,29,31)(H,30,33)/t21-,25+/m1/s1. The molecule has 2 amide bonds. The lowest BCUT2D eigenvalue weighted by Gasteiger charge is -2.20. The molecule has 0 aliphatic carbocycles. The molecule has 0 aromatic heterocycles. The van der Waals surface area contributed by atoms with Crippen LogP contribution in [0.3, 0.4) is 0 Å². The van der Waals surface area contributed by atoms with E-state index < -0.39 is 30.1 Å². The number of benzene rings is 3. The summed E-state index contributed by atoms with van der Waals surface area (Å²) in [5, 5.41) is 5.28. The second-order valence-corrected chi connectivity index (χ2v) is 9.11. The summed E-state index contributed by atoms with van der Waals surface area (Å²) in [6.45, 7) is 1.74. The van der Waals surface area contributed by atoms with Crippen LogP contribution in [0.25, 0.3) is 0 Å². The second kappa shape index (κ2) is 14.6. The summed E-state index contributed by atoms with van der Waals surface area (Å²) >= 11 is 1.49. The smallest absolute Gasteiger partial charge is 0.408 e. The molecule has 0 heterocycles. The van der Waals surface area contributed by atoms with Crippen LogP contribution in [-0.4, -0.2) is 35.8 Å². The van der Waals surface area contributed by atoms with Gasteiger partial charge in [-0.05, 0) is 23.6 Å². The van der Waals surface area contributed by atoms with Crippen LogP contribution in [0.4, 0.5) is 4.79 Å². The Morgan fingerprint density at radius 2 is 1.22 bits per heavy atom. The van der Waals surface area contributed by atoms with Gasteiger partial charge in [-0.1, -0.05) is 91.0 Å². The van der Waals surface area contributed by atoms with Crippen molar-refractivity contribution >= 4 is 29.7 Å². The molecule has 8 heteroatoms. The van der Waals surface area contributed by atoms with E-state index >= 15 is 0 Å². The van der Waals surface area contributed by atoms with Crippen molar-refractivity contribution in [2.75, 3.05) is 5.75 Å². The van der Waals surface area contributed by atoms with Gasteiger partial charge in [0, 0.05) is 11.5 Å². The minimum absolute atomic E-state index is 0.0837. The number of amides is 2. The maximum atomic E-state index is 13.0. The quantitative estimate of drug-likeness (QED) is 0.352. The van der Waals surface area contributed by atoms with E-state index in [-0.39, 0.29) is 13.2 Å². The lowest BCUT2D eigenvalue weighted by Crippen LogP contribution is -2.52. The van der Waals surface area contributed by atoms with Crippen LogP contribution in [0.2, 0.25) is 0 Å². The average Bonchev–Trinajstić information content (AvgIpc) is 2.91. The zero-order valence-corrected chi connectivity index (χ0v) is 20.9. The Morgan fingerprint density at radius 3 is 1.78 bits per heavy atom. The average molecular weight is 507 g/mol. The highest BCUT2D eigenvalue weighted by Crippen LogP contribution is 2.13. The van der Waals surface area contributed by atoms with E-state index in [1.165, 1.54) is 11.8 Å². The molecule has 0 saturated carbocycles. The molecule has 0 fully saturated rings. The molecule has 0 unspecified atom stereocenters. The first-order chi connectivity index (χ1) is 17.5. The van der Waals surface area contributed by atoms with Crippen LogP contribution in [0.1, 0.15) is 23.6 Å². The van der Waals surface area contributed by atoms with E-state index in [2.05, 4.69) is 10.6 Å². The highest BCUT2D eigenvalue weighted by Gasteiger charge is 2.26. The lowest BCUT2D eigenvalue weighted by molar-refractivity contribution is -0.148. The fourth-order valence-corrected chi connectivity index (χ4v) is 4.20. The zero-order valence-electron chi connectivity index (χ0n) is 20.1. The van der Waals surface area contributed by atoms with Gasteiger partial charge in [0.15, 0.2) is 0 Å². The number of ether oxygens (including phenoxy) is 2. The van der Waals surface area contributed by atoms with Gasteiger partial charge < -0.3 is 20.1 Å². The van der Waals surface area contributed by atoms with Crippen molar-refractivity contribution in [3.8, 4) is 0 Å². The van der Waals surface area contributed by atoms with Gasteiger partial charge in [-0.15, -0.1) is 0 Å². The van der Waals surface area contributed by atoms with E-state index in [1.54, 1.807) is 6.92 Å². The topological polar surface area (TPSA) is 93.7 Å². The van der Waals surface area contributed by atoms with Crippen LogP contribution in [0.5, 0.6) is 0 Å². The molecule has 0 aliphatic heterocycles. The Hall–Kier alpha value is -3.78. The lowest BCUT2D eigenvalue weighted by atomic mass is 10.2. The third-order valence-electron chi connectivity index (χ3n) is 5.15. The molecule has 7 nitrogen and oxygen atoms in total. The monoisotopic (exact) mass is 506 g/mol. The molecule has 3 rings (SSSR count). The first-order valence-electron chi connectivity index (χ1n) is 11.6. The van der Waals surface area contributed by atoms with Crippen LogP contribution in [0.15, 0.2) is 91.0 Å². The van der Waals surface area contributed by atoms with Gasteiger partial charge in [-0.3, -0.25) is 4.79 Å². The first-order valence-corrected chi connectivity index (χ1v) is 12.8. The molecular weight excluding hydrogens is 476 g/mol. The Kier molecular flexibility index (Phi) is 10.9. The molecule has 2 N–H and O–H groups in total. The Labute approximate surface area is 215 Å². The first kappa shape index (κ1) is 26.8. The number of nitrogens with one attached hydrogen (secondary N) is 2. The van der Waals surface area contributed by atoms with E-state index in [9.17, 15) is 14.4 Å². The summed E-state index contributed by atoms with van der Waals surface area (Å²) in [7, 11) is 0. The number of carbonyl (C=O) groups excluding carboxylic acids is 3. The summed E-state index contributed by atoms with van der Waals surface area (Å²) in [4.78, 5) is 37.8. The van der Waals surface area contributed by atoms with Gasteiger partial charge in [0.2, 0.25) is 5.91 Å². The molecule has 0 bridgehead atoms. The van der Waals surface area contributed by atoms with Crippen LogP contribution >= 0.6 is 11.8 Å². The fourth-order valence-electron chi connectivity index (χ4n) is 3.19. The third-order valence-corrected chi connectivity index (χ3v) is 6.26. The normalized spacial score (nSPS) is 12.1. The molecule has 36 heavy (non-hydrogen) atoms. The van der Waals surface area contributed by atoms with E-state index in [4.69, 9.17) is 9.47 Å². The van der Waals surface area contributed by atoms with Crippen LogP contribution in [-0.2, 0) is 38.0 Å². The van der Waals surface area contributed by atoms with Crippen molar-refractivity contribution in [2.45, 2.75) is 38.0 Å². The van der Waals surface area contributed by atoms with Crippen molar-refractivity contribution in [1.82, 2.24) is 10.6 Å². The van der Waals surface area contributed by atoms with Crippen molar-refractivity contribution < 1.29 is 23.9 Å². The number of hydrogen-bond acceptors (Lipinski definition) is 6. The SMILES string of the molecule is C[C@@H](NC(=O)[C@H](CSCc1ccccc1)NC(=O)OCc1ccccc1)C(=O)OCc1ccccc1. The van der Waals surface area contributed by atoms with Gasteiger partial charge in [0.25, 0.3) is 0 Å². The van der Waals surface area contributed by atoms with Gasteiger partial charge >= 0.3 is 12.1 Å². The maximum Gasteiger partial charge on any atom is 0.408 e. The number of carbonyl (C=O) groups is 3. The number of hydrogen-bond donors (Lipinski definition) is 2. The van der Waals surface area contributed by atoms with E-state index in [0.717, 1.165) is 16.7 Å². The molecule has 0 radical (unpaired) electrons. The van der Waals surface area contributed by atoms with Crippen molar-refractivity contribution in [3.05, 3.63) is 108 Å². The highest BCUT2D eigenvalue weighted by atomic mass is 32.2. The minimum Gasteiger partial charge on any atom is -0.459 e. The van der Waals surface area contributed by atoms with Crippen molar-refractivity contribution in [3.63, 3.8) is 0 Å². The largest absolute Gasteiger partial charge is 0.459 e. The molecule has 3 aromatic carbocycles. The van der Waals surface area contributed by atoms with Gasteiger partial charge in [-0.2, -0.15) is 11.8 Å². The number of alkyl carbamates (subject to hydrolysis) is 1. The highest BCUT2D eigenvalue weighted by molar-refractivity contribution is 7.98. The van der Waals surface area contributed by atoms with Gasteiger partial charge in [0.05, 0.1) is 0 Å². The number of rotatable bonds is 12. The van der Waals surface area contributed by atoms with Gasteiger partial charge in [-0.25, -0.2) is 9.59 Å². The maximum absolute atomic E-state index is 13.0. The van der Waals surface area contributed by atoms with Crippen molar-refractivity contribution in [2.24, 2.45) is 0 Å². The third kappa shape index (κ3) is 9.46. The molecule has 0 saturated heterocycles. The van der Waals surface area contributed by atoms with Crippen LogP contribution in [0, 0.1) is 0 Å². The molecule has 2 atom stereocenters. The van der Waals surface area contributed by atoms with Gasteiger partial charge in [0.1, 0.15) is 25.3 Å². The zero-order chi connectivity index (χ0) is 25.6. The second-order valence-electron chi connectivity index (χ2n) is 8.08. The summed E-state index contributed by atoms with van der Waals surface area (Å²) in [5.74, 6) is -0.0848. The molecular formula is C28H30N2O5S. The van der Waals surface area contributed by atoms with Crippen molar-refractivity contribution in [1.29, 1.82) is 0 Å². The van der Waals surface area contributed by atoms with E-state index in [0.29, 0.717) is 11.5 Å². The predicted molar refractivity (Wildman–Crippen MR) is 140 cm³/mol. The molecule has 0 spiro atoms. The molecule has 188 valence electrons. The summed E-state index contributed by atoms with van der Waals surface area (Å²) in [6, 6.07) is 26.6. The summed E-state index contributed by atoms with van der Waals surface area (Å²) in [5.41, 5.74) is 2.79. The summed E-state index contributed by atoms with van der Waals surface area (Å²) < 4.78 is 10.6. The minimum atomic E-state index is -0.897. The number of thioether (sulfide) groups is 1. The fraction of sp³-hybridized carbons (Fsp3) is 0.250.